The Morgan fingerprint density at radius 1 is 1.33 bits per heavy atom. The number of carbonyl (C=O) groups is 1. The molecule has 2 fully saturated rings. The Morgan fingerprint density at radius 3 is 2.78 bits per heavy atom. The SMILES string of the molecule is Cc1cccc(NC(=O)C2C3CCC(C3)C2N)c1. The maximum absolute atomic E-state index is 12.3. The summed E-state index contributed by atoms with van der Waals surface area (Å²) in [6.07, 6.45) is 3.53. The fraction of sp³-hybridized carbons (Fsp3) is 0.533. The summed E-state index contributed by atoms with van der Waals surface area (Å²) in [6, 6.07) is 7.98. The van der Waals surface area contributed by atoms with Gasteiger partial charge in [-0.1, -0.05) is 12.1 Å². The second-order valence-corrected chi connectivity index (χ2v) is 5.80. The first-order valence-corrected chi connectivity index (χ1v) is 6.78. The third-order valence-corrected chi connectivity index (χ3v) is 4.57. The van der Waals surface area contributed by atoms with Gasteiger partial charge in [-0.2, -0.15) is 0 Å². The van der Waals surface area contributed by atoms with Gasteiger partial charge in [-0.3, -0.25) is 4.79 Å². The maximum atomic E-state index is 12.3. The number of fused-ring (bicyclic) bond motifs is 2. The molecule has 0 aliphatic heterocycles. The Labute approximate surface area is 108 Å². The van der Waals surface area contributed by atoms with Crippen LogP contribution in [0, 0.1) is 24.7 Å². The molecule has 0 heterocycles. The lowest BCUT2D eigenvalue weighted by atomic mass is 9.84. The van der Waals surface area contributed by atoms with E-state index in [0.29, 0.717) is 11.8 Å². The quantitative estimate of drug-likeness (QED) is 0.838. The van der Waals surface area contributed by atoms with Crippen LogP contribution in [0.3, 0.4) is 0 Å². The Morgan fingerprint density at radius 2 is 2.11 bits per heavy atom. The standard InChI is InChI=1S/C15H20N2O/c1-9-3-2-4-12(7-9)17-15(18)13-10-5-6-11(8-10)14(13)16/h2-4,7,10-11,13-14H,5-6,8,16H2,1H3,(H,17,18). The van der Waals surface area contributed by atoms with Crippen LogP contribution in [0.25, 0.3) is 0 Å². The van der Waals surface area contributed by atoms with Gasteiger partial charge >= 0.3 is 0 Å². The summed E-state index contributed by atoms with van der Waals surface area (Å²) >= 11 is 0. The van der Waals surface area contributed by atoms with Gasteiger partial charge in [0.05, 0.1) is 5.92 Å². The van der Waals surface area contributed by atoms with Crippen LogP contribution in [0.4, 0.5) is 5.69 Å². The molecule has 0 radical (unpaired) electrons. The zero-order valence-corrected chi connectivity index (χ0v) is 10.7. The number of hydrogen-bond donors (Lipinski definition) is 2. The van der Waals surface area contributed by atoms with E-state index in [0.717, 1.165) is 17.7 Å². The Hall–Kier alpha value is -1.35. The molecule has 4 atom stereocenters. The average Bonchev–Trinajstić information content (AvgIpc) is 2.89. The van der Waals surface area contributed by atoms with Crippen molar-refractivity contribution in [1.29, 1.82) is 0 Å². The molecule has 1 aromatic carbocycles. The summed E-state index contributed by atoms with van der Waals surface area (Å²) < 4.78 is 0. The molecule has 3 heteroatoms. The lowest BCUT2D eigenvalue weighted by Gasteiger charge is -2.27. The van der Waals surface area contributed by atoms with Crippen LogP contribution in [0.2, 0.25) is 0 Å². The molecule has 3 rings (SSSR count). The maximum Gasteiger partial charge on any atom is 0.229 e. The van der Waals surface area contributed by atoms with E-state index in [9.17, 15) is 4.79 Å². The van der Waals surface area contributed by atoms with Crippen LogP contribution in [0.5, 0.6) is 0 Å². The second-order valence-electron chi connectivity index (χ2n) is 5.80. The van der Waals surface area contributed by atoms with Gasteiger partial charge in [0.15, 0.2) is 0 Å². The van der Waals surface area contributed by atoms with E-state index >= 15 is 0 Å². The van der Waals surface area contributed by atoms with Crippen molar-refractivity contribution in [2.75, 3.05) is 5.32 Å². The van der Waals surface area contributed by atoms with Gasteiger partial charge in [-0.25, -0.2) is 0 Å². The minimum absolute atomic E-state index is 0.0178. The van der Waals surface area contributed by atoms with Crippen LogP contribution >= 0.6 is 0 Å². The van der Waals surface area contributed by atoms with E-state index in [1.54, 1.807) is 0 Å². The summed E-state index contributed by atoms with van der Waals surface area (Å²) in [4.78, 5) is 12.3. The number of rotatable bonds is 2. The predicted molar refractivity (Wildman–Crippen MR) is 72.1 cm³/mol. The molecule has 3 nitrogen and oxygen atoms in total. The third-order valence-electron chi connectivity index (χ3n) is 4.57. The highest BCUT2D eigenvalue weighted by Crippen LogP contribution is 2.47. The first-order chi connectivity index (χ1) is 8.65. The molecule has 2 aliphatic rings. The number of amides is 1. The van der Waals surface area contributed by atoms with E-state index < -0.39 is 0 Å². The molecular weight excluding hydrogens is 224 g/mol. The minimum atomic E-state index is 0.0178. The largest absolute Gasteiger partial charge is 0.327 e. The molecule has 18 heavy (non-hydrogen) atoms. The van der Waals surface area contributed by atoms with Gasteiger partial charge in [-0.05, 0) is 55.7 Å². The smallest absolute Gasteiger partial charge is 0.229 e. The molecule has 0 spiro atoms. The normalized spacial score (nSPS) is 33.7. The van der Waals surface area contributed by atoms with Crippen LogP contribution < -0.4 is 11.1 Å². The van der Waals surface area contributed by atoms with Crippen LogP contribution in [-0.4, -0.2) is 11.9 Å². The molecule has 3 N–H and O–H groups in total. The Bertz CT molecular complexity index is 469. The van der Waals surface area contributed by atoms with Crippen molar-refractivity contribution < 1.29 is 4.79 Å². The van der Waals surface area contributed by atoms with Gasteiger partial charge in [0.2, 0.25) is 5.91 Å². The monoisotopic (exact) mass is 244 g/mol. The Kier molecular flexibility index (Phi) is 2.86. The number of nitrogens with two attached hydrogens (primary N) is 1. The fourth-order valence-electron chi connectivity index (χ4n) is 3.67. The van der Waals surface area contributed by atoms with E-state index in [-0.39, 0.29) is 17.9 Å². The Balaban J connectivity index is 1.72. The first kappa shape index (κ1) is 11.7. The summed E-state index contributed by atoms with van der Waals surface area (Å²) in [7, 11) is 0. The minimum Gasteiger partial charge on any atom is -0.327 e. The van der Waals surface area contributed by atoms with Crippen molar-refractivity contribution in [3.8, 4) is 0 Å². The van der Waals surface area contributed by atoms with Gasteiger partial charge < -0.3 is 11.1 Å². The predicted octanol–water partition coefficient (Wildman–Crippen LogP) is 2.31. The van der Waals surface area contributed by atoms with Crippen molar-refractivity contribution in [2.45, 2.75) is 32.2 Å². The first-order valence-electron chi connectivity index (χ1n) is 6.78. The van der Waals surface area contributed by atoms with Gasteiger partial charge in [-0.15, -0.1) is 0 Å². The summed E-state index contributed by atoms with van der Waals surface area (Å²) in [5, 5.41) is 3.02. The average molecular weight is 244 g/mol. The van der Waals surface area contributed by atoms with Crippen molar-refractivity contribution in [2.24, 2.45) is 23.5 Å². The molecular formula is C15H20N2O. The highest BCUT2D eigenvalue weighted by Gasteiger charge is 2.49. The van der Waals surface area contributed by atoms with E-state index in [1.807, 2.05) is 31.2 Å². The fourth-order valence-corrected chi connectivity index (χ4v) is 3.67. The van der Waals surface area contributed by atoms with E-state index in [1.165, 1.54) is 12.8 Å². The van der Waals surface area contributed by atoms with E-state index in [4.69, 9.17) is 5.73 Å². The van der Waals surface area contributed by atoms with Crippen LogP contribution in [0.1, 0.15) is 24.8 Å². The molecule has 1 amide bonds. The molecule has 1 aromatic rings. The molecule has 2 bridgehead atoms. The van der Waals surface area contributed by atoms with Crippen LogP contribution in [0.15, 0.2) is 24.3 Å². The van der Waals surface area contributed by atoms with Crippen molar-refractivity contribution in [3.05, 3.63) is 29.8 Å². The van der Waals surface area contributed by atoms with Gasteiger partial charge in [0.25, 0.3) is 0 Å². The number of carbonyl (C=O) groups excluding carboxylic acids is 1. The zero-order valence-electron chi connectivity index (χ0n) is 10.7. The number of nitrogens with one attached hydrogen (secondary N) is 1. The molecule has 4 unspecified atom stereocenters. The molecule has 0 aromatic heterocycles. The number of aryl methyl sites for hydroxylation is 1. The molecule has 2 aliphatic carbocycles. The molecule has 0 saturated heterocycles. The van der Waals surface area contributed by atoms with Crippen LogP contribution in [-0.2, 0) is 4.79 Å². The van der Waals surface area contributed by atoms with Crippen molar-refractivity contribution >= 4 is 11.6 Å². The van der Waals surface area contributed by atoms with Crippen molar-refractivity contribution in [3.63, 3.8) is 0 Å². The third kappa shape index (κ3) is 1.93. The molecule has 2 saturated carbocycles. The number of benzene rings is 1. The second kappa shape index (κ2) is 4.39. The van der Waals surface area contributed by atoms with Gasteiger partial charge in [0, 0.05) is 11.7 Å². The highest BCUT2D eigenvalue weighted by atomic mass is 16.2. The van der Waals surface area contributed by atoms with Gasteiger partial charge in [0.1, 0.15) is 0 Å². The molecule has 96 valence electrons. The number of anilines is 1. The summed E-state index contributed by atoms with van der Waals surface area (Å²) in [6.45, 7) is 2.03. The zero-order chi connectivity index (χ0) is 12.7. The summed E-state index contributed by atoms with van der Waals surface area (Å²) in [5.41, 5.74) is 8.23. The number of hydrogen-bond acceptors (Lipinski definition) is 2. The van der Waals surface area contributed by atoms with E-state index in [2.05, 4.69) is 5.32 Å². The highest BCUT2D eigenvalue weighted by molar-refractivity contribution is 5.93. The topological polar surface area (TPSA) is 55.1 Å². The van der Waals surface area contributed by atoms with Crippen molar-refractivity contribution in [1.82, 2.24) is 0 Å². The summed E-state index contributed by atoms with van der Waals surface area (Å²) in [5.74, 6) is 1.21. The lowest BCUT2D eigenvalue weighted by molar-refractivity contribution is -0.121. The lowest BCUT2D eigenvalue weighted by Crippen LogP contribution is -2.42.